The van der Waals surface area contributed by atoms with E-state index in [1.54, 1.807) is 12.1 Å². The lowest BCUT2D eigenvalue weighted by Crippen LogP contribution is -2.40. The smallest absolute Gasteiger partial charge is 0.326 e. The standard InChI is InChI=1S/C14H15BrN2O4/c1-8(15)7-12(14(20)21)17-13(19)10-3-5-11(6-4-10)16-9(2)18/h3-6,12H,1,7H2,2H3,(H,16,18)(H,17,19)(H,20,21)/t12-/m0/s1. The number of carbonyl (C=O) groups is 3. The Morgan fingerprint density at radius 3 is 2.29 bits per heavy atom. The van der Waals surface area contributed by atoms with Gasteiger partial charge in [-0.25, -0.2) is 4.79 Å². The van der Waals surface area contributed by atoms with E-state index >= 15 is 0 Å². The number of nitrogens with one attached hydrogen (secondary N) is 2. The Morgan fingerprint density at radius 1 is 1.29 bits per heavy atom. The van der Waals surface area contributed by atoms with Crippen molar-refractivity contribution < 1.29 is 19.5 Å². The summed E-state index contributed by atoms with van der Waals surface area (Å²) in [5.41, 5.74) is 0.859. The summed E-state index contributed by atoms with van der Waals surface area (Å²) in [6.07, 6.45) is 0.0883. The lowest BCUT2D eigenvalue weighted by atomic mass is 10.1. The zero-order chi connectivity index (χ0) is 16.0. The highest BCUT2D eigenvalue weighted by Crippen LogP contribution is 2.13. The van der Waals surface area contributed by atoms with Crippen molar-refractivity contribution in [2.45, 2.75) is 19.4 Å². The SMILES string of the molecule is C=C(Br)C[C@H](NC(=O)c1ccc(NC(C)=O)cc1)C(=O)O. The predicted molar refractivity (Wildman–Crippen MR) is 82.3 cm³/mol. The number of anilines is 1. The molecule has 0 heterocycles. The highest BCUT2D eigenvalue weighted by Gasteiger charge is 2.20. The third kappa shape index (κ3) is 5.78. The normalized spacial score (nSPS) is 11.3. The molecule has 0 aromatic heterocycles. The Balaban J connectivity index is 2.76. The molecule has 2 amide bonds. The van der Waals surface area contributed by atoms with Gasteiger partial charge >= 0.3 is 5.97 Å². The molecule has 0 spiro atoms. The number of rotatable bonds is 6. The van der Waals surface area contributed by atoms with Crippen LogP contribution in [0.3, 0.4) is 0 Å². The van der Waals surface area contributed by atoms with Crippen LogP contribution in [0.4, 0.5) is 5.69 Å². The molecule has 6 nitrogen and oxygen atoms in total. The number of halogens is 1. The molecule has 1 aromatic carbocycles. The second-order valence-electron chi connectivity index (χ2n) is 4.34. The quantitative estimate of drug-likeness (QED) is 0.729. The molecule has 7 heteroatoms. The number of amides is 2. The first kappa shape index (κ1) is 16.9. The molecule has 21 heavy (non-hydrogen) atoms. The van der Waals surface area contributed by atoms with Gasteiger partial charge in [-0.2, -0.15) is 0 Å². The summed E-state index contributed by atoms with van der Waals surface area (Å²) in [6, 6.07) is 5.08. The van der Waals surface area contributed by atoms with E-state index < -0.39 is 17.9 Å². The monoisotopic (exact) mass is 354 g/mol. The van der Waals surface area contributed by atoms with Crippen molar-refractivity contribution >= 4 is 39.4 Å². The summed E-state index contributed by atoms with van der Waals surface area (Å²) >= 11 is 3.07. The Morgan fingerprint density at radius 2 is 1.86 bits per heavy atom. The lowest BCUT2D eigenvalue weighted by Gasteiger charge is -2.14. The first-order valence-corrected chi connectivity index (χ1v) is 6.83. The lowest BCUT2D eigenvalue weighted by molar-refractivity contribution is -0.139. The summed E-state index contributed by atoms with van der Waals surface area (Å²) in [5.74, 6) is -1.86. The van der Waals surface area contributed by atoms with Gasteiger partial charge < -0.3 is 15.7 Å². The molecule has 3 N–H and O–H groups in total. The molecule has 1 aromatic rings. The molecule has 0 fully saturated rings. The van der Waals surface area contributed by atoms with Crippen LogP contribution < -0.4 is 10.6 Å². The summed E-state index contributed by atoms with van der Waals surface area (Å²) in [5, 5.41) is 14.0. The maximum absolute atomic E-state index is 12.0. The Kier molecular flexibility index (Phi) is 6.10. The molecule has 0 aliphatic heterocycles. The van der Waals surface area contributed by atoms with Crippen LogP contribution in [0.2, 0.25) is 0 Å². The van der Waals surface area contributed by atoms with Gasteiger partial charge in [-0.05, 0) is 28.7 Å². The van der Waals surface area contributed by atoms with Gasteiger partial charge in [0.15, 0.2) is 0 Å². The van der Waals surface area contributed by atoms with Gasteiger partial charge in [-0.1, -0.05) is 22.5 Å². The Hall–Kier alpha value is -2.15. The number of hydrogen-bond donors (Lipinski definition) is 3. The van der Waals surface area contributed by atoms with Crippen LogP contribution in [-0.4, -0.2) is 28.9 Å². The minimum absolute atomic E-state index is 0.0883. The molecule has 0 unspecified atom stereocenters. The third-order valence-electron chi connectivity index (χ3n) is 2.50. The molecule has 0 saturated heterocycles. The van der Waals surface area contributed by atoms with Crippen molar-refractivity contribution in [1.29, 1.82) is 0 Å². The number of aliphatic carboxylic acids is 1. The van der Waals surface area contributed by atoms with Gasteiger partial charge in [-0.3, -0.25) is 9.59 Å². The number of carboxylic acids is 1. The van der Waals surface area contributed by atoms with Gasteiger partial charge in [0, 0.05) is 24.6 Å². The van der Waals surface area contributed by atoms with Gasteiger partial charge in [0.1, 0.15) is 6.04 Å². The van der Waals surface area contributed by atoms with Gasteiger partial charge in [0.2, 0.25) is 5.91 Å². The fourth-order valence-corrected chi connectivity index (χ4v) is 1.90. The van der Waals surface area contributed by atoms with Crippen molar-refractivity contribution in [3.8, 4) is 0 Å². The van der Waals surface area contributed by atoms with E-state index in [9.17, 15) is 14.4 Å². The van der Waals surface area contributed by atoms with Gasteiger partial charge in [0.05, 0.1) is 0 Å². The fourth-order valence-electron chi connectivity index (χ4n) is 1.57. The number of carboxylic acid groups (broad SMARTS) is 1. The largest absolute Gasteiger partial charge is 0.480 e. The molecule has 112 valence electrons. The van der Waals surface area contributed by atoms with Crippen molar-refractivity contribution in [3.63, 3.8) is 0 Å². The fraction of sp³-hybridized carbons (Fsp3) is 0.214. The molecule has 0 saturated carbocycles. The summed E-state index contributed by atoms with van der Waals surface area (Å²) in [6.45, 7) is 4.94. The predicted octanol–water partition coefficient (Wildman–Crippen LogP) is 2.13. The van der Waals surface area contributed by atoms with E-state index in [1.165, 1.54) is 19.1 Å². The zero-order valence-corrected chi connectivity index (χ0v) is 12.9. The topological polar surface area (TPSA) is 95.5 Å². The van der Waals surface area contributed by atoms with Crippen molar-refractivity contribution in [2.24, 2.45) is 0 Å². The average Bonchev–Trinajstić information content (AvgIpc) is 2.37. The van der Waals surface area contributed by atoms with Crippen LogP contribution in [0.25, 0.3) is 0 Å². The van der Waals surface area contributed by atoms with E-state index in [0.717, 1.165) is 0 Å². The van der Waals surface area contributed by atoms with E-state index in [1.807, 2.05) is 0 Å². The van der Waals surface area contributed by atoms with Gasteiger partial charge in [0.25, 0.3) is 5.91 Å². The minimum atomic E-state index is -1.14. The van der Waals surface area contributed by atoms with Crippen molar-refractivity contribution in [3.05, 3.63) is 40.9 Å². The van der Waals surface area contributed by atoms with E-state index in [-0.39, 0.29) is 12.3 Å². The molecule has 1 atom stereocenters. The van der Waals surface area contributed by atoms with Gasteiger partial charge in [-0.15, -0.1) is 0 Å². The van der Waals surface area contributed by atoms with E-state index in [0.29, 0.717) is 15.7 Å². The third-order valence-corrected chi connectivity index (χ3v) is 2.82. The first-order valence-electron chi connectivity index (χ1n) is 6.04. The number of benzene rings is 1. The molecular weight excluding hydrogens is 340 g/mol. The van der Waals surface area contributed by atoms with Crippen LogP contribution in [0.5, 0.6) is 0 Å². The van der Waals surface area contributed by atoms with Crippen molar-refractivity contribution in [1.82, 2.24) is 5.32 Å². The van der Waals surface area contributed by atoms with Crippen LogP contribution >= 0.6 is 15.9 Å². The Labute approximate surface area is 130 Å². The zero-order valence-electron chi connectivity index (χ0n) is 11.4. The average molecular weight is 355 g/mol. The molecule has 0 aliphatic rings. The Bertz CT molecular complexity index is 569. The van der Waals surface area contributed by atoms with Crippen LogP contribution in [0.15, 0.2) is 35.3 Å². The summed E-state index contributed by atoms with van der Waals surface area (Å²) in [7, 11) is 0. The highest BCUT2D eigenvalue weighted by atomic mass is 79.9. The maximum Gasteiger partial charge on any atom is 0.326 e. The second kappa shape index (κ2) is 7.58. The molecule has 0 aliphatic carbocycles. The second-order valence-corrected chi connectivity index (χ2v) is 5.47. The maximum atomic E-state index is 12.0. The number of carbonyl (C=O) groups excluding carboxylic acids is 2. The van der Waals surface area contributed by atoms with Crippen LogP contribution in [0, 0.1) is 0 Å². The molecule has 0 bridgehead atoms. The molecular formula is C14H15BrN2O4. The van der Waals surface area contributed by atoms with E-state index in [2.05, 4.69) is 33.1 Å². The molecule has 0 radical (unpaired) electrons. The molecule has 1 rings (SSSR count). The van der Waals surface area contributed by atoms with E-state index in [4.69, 9.17) is 5.11 Å². The first-order chi connectivity index (χ1) is 9.79. The van der Waals surface area contributed by atoms with Crippen LogP contribution in [-0.2, 0) is 9.59 Å². The summed E-state index contributed by atoms with van der Waals surface area (Å²) in [4.78, 5) is 33.9. The number of hydrogen-bond acceptors (Lipinski definition) is 3. The highest BCUT2D eigenvalue weighted by molar-refractivity contribution is 9.11. The summed E-state index contributed by atoms with van der Waals surface area (Å²) < 4.78 is 0.483. The van der Waals surface area contributed by atoms with Crippen molar-refractivity contribution in [2.75, 3.05) is 5.32 Å². The minimum Gasteiger partial charge on any atom is -0.480 e. The van der Waals surface area contributed by atoms with Crippen LogP contribution in [0.1, 0.15) is 23.7 Å².